The molecular weight excluding hydrogens is 228 g/mol. The first-order chi connectivity index (χ1) is 8.60. The number of nitro benzene ring substituents is 1. The average Bonchev–Trinajstić information content (AvgIpc) is 2.32. The number of nitrogens with zero attached hydrogens (tertiary/aromatic N) is 1. The molecule has 0 aliphatic carbocycles. The van der Waals surface area contributed by atoms with Crippen molar-refractivity contribution in [1.29, 1.82) is 0 Å². The minimum atomic E-state index is -0.280. The summed E-state index contributed by atoms with van der Waals surface area (Å²) < 4.78 is 0. The molecule has 0 radical (unpaired) electrons. The second-order valence-electron chi connectivity index (χ2n) is 4.58. The third kappa shape index (κ3) is 3.81. The van der Waals surface area contributed by atoms with Gasteiger partial charge in [0.15, 0.2) is 0 Å². The minimum Gasteiger partial charge on any atom is -0.314 e. The van der Waals surface area contributed by atoms with Crippen LogP contribution in [0.4, 0.5) is 5.69 Å². The molecule has 0 aromatic heterocycles. The Bertz CT molecular complexity index is 399. The van der Waals surface area contributed by atoms with E-state index in [-0.39, 0.29) is 10.6 Å². The molecule has 1 rings (SSSR count). The van der Waals surface area contributed by atoms with Gasteiger partial charge >= 0.3 is 0 Å². The van der Waals surface area contributed by atoms with Crippen LogP contribution >= 0.6 is 0 Å². The lowest BCUT2D eigenvalue weighted by atomic mass is 9.97. The zero-order valence-corrected chi connectivity index (χ0v) is 11.4. The Balaban J connectivity index is 2.96. The van der Waals surface area contributed by atoms with Crippen LogP contribution < -0.4 is 5.32 Å². The molecular formula is C14H22N2O2. The van der Waals surface area contributed by atoms with Crippen LogP contribution in [0.15, 0.2) is 18.2 Å². The molecule has 4 nitrogen and oxygen atoms in total. The summed E-state index contributed by atoms with van der Waals surface area (Å²) in [6, 6.07) is 5.60. The molecule has 4 heteroatoms. The van der Waals surface area contributed by atoms with Gasteiger partial charge in [-0.1, -0.05) is 32.4 Å². The second-order valence-corrected chi connectivity index (χ2v) is 4.58. The van der Waals surface area contributed by atoms with Crippen LogP contribution in [0.2, 0.25) is 0 Å². The Labute approximate surface area is 109 Å². The predicted octanol–water partition coefficient (Wildman–Crippen LogP) is 3.22. The molecule has 0 spiro atoms. The molecule has 1 N–H and O–H groups in total. The molecule has 18 heavy (non-hydrogen) atoms. The first kappa shape index (κ1) is 14.6. The van der Waals surface area contributed by atoms with Crippen molar-refractivity contribution >= 4 is 5.69 Å². The van der Waals surface area contributed by atoms with E-state index in [9.17, 15) is 10.1 Å². The van der Waals surface area contributed by atoms with E-state index < -0.39 is 0 Å². The molecule has 0 aliphatic heterocycles. The lowest BCUT2D eigenvalue weighted by molar-refractivity contribution is -0.385. The SMILES string of the molecule is CCCC(Cc1c(C)cccc1[N+](=O)[O-])NCC. The van der Waals surface area contributed by atoms with Crippen molar-refractivity contribution in [3.63, 3.8) is 0 Å². The van der Waals surface area contributed by atoms with Gasteiger partial charge in [-0.15, -0.1) is 0 Å². The van der Waals surface area contributed by atoms with E-state index in [1.807, 2.05) is 13.0 Å². The van der Waals surface area contributed by atoms with Gasteiger partial charge in [0, 0.05) is 17.7 Å². The normalized spacial score (nSPS) is 12.4. The van der Waals surface area contributed by atoms with Crippen LogP contribution in [-0.4, -0.2) is 17.5 Å². The van der Waals surface area contributed by atoms with Crippen LogP contribution in [0.1, 0.15) is 37.8 Å². The van der Waals surface area contributed by atoms with E-state index in [1.54, 1.807) is 12.1 Å². The van der Waals surface area contributed by atoms with Gasteiger partial charge < -0.3 is 5.32 Å². The molecule has 0 amide bonds. The maximum absolute atomic E-state index is 11.1. The highest BCUT2D eigenvalue weighted by Crippen LogP contribution is 2.24. The monoisotopic (exact) mass is 250 g/mol. The molecule has 0 fully saturated rings. The predicted molar refractivity (Wildman–Crippen MR) is 73.9 cm³/mol. The van der Waals surface area contributed by atoms with Crippen molar-refractivity contribution in [2.24, 2.45) is 0 Å². The Hall–Kier alpha value is -1.42. The van der Waals surface area contributed by atoms with Gasteiger partial charge in [0.05, 0.1) is 4.92 Å². The summed E-state index contributed by atoms with van der Waals surface area (Å²) in [7, 11) is 0. The molecule has 1 unspecified atom stereocenters. The van der Waals surface area contributed by atoms with Gasteiger partial charge in [-0.2, -0.15) is 0 Å². The fraction of sp³-hybridized carbons (Fsp3) is 0.571. The number of aryl methyl sites for hydroxylation is 1. The fourth-order valence-electron chi connectivity index (χ4n) is 2.28. The maximum Gasteiger partial charge on any atom is 0.272 e. The number of benzene rings is 1. The number of nitro groups is 1. The summed E-state index contributed by atoms with van der Waals surface area (Å²) in [5.41, 5.74) is 2.11. The second kappa shape index (κ2) is 7.11. The molecule has 0 aliphatic rings. The van der Waals surface area contributed by atoms with Crippen molar-refractivity contribution in [3.05, 3.63) is 39.4 Å². The van der Waals surface area contributed by atoms with Crippen LogP contribution in [-0.2, 0) is 6.42 Å². The van der Waals surface area contributed by atoms with Crippen LogP contribution in [0.25, 0.3) is 0 Å². The first-order valence-corrected chi connectivity index (χ1v) is 6.56. The smallest absolute Gasteiger partial charge is 0.272 e. The van der Waals surface area contributed by atoms with Gasteiger partial charge in [0.25, 0.3) is 5.69 Å². The molecule has 1 atom stereocenters. The molecule has 0 heterocycles. The molecule has 1 aromatic carbocycles. The Morgan fingerprint density at radius 1 is 1.39 bits per heavy atom. The zero-order valence-electron chi connectivity index (χ0n) is 11.4. The van der Waals surface area contributed by atoms with Gasteiger partial charge in [-0.25, -0.2) is 0 Å². The van der Waals surface area contributed by atoms with Crippen molar-refractivity contribution in [2.45, 2.75) is 46.1 Å². The van der Waals surface area contributed by atoms with Crippen LogP contribution in [0.5, 0.6) is 0 Å². The maximum atomic E-state index is 11.1. The lowest BCUT2D eigenvalue weighted by Crippen LogP contribution is -2.31. The summed E-state index contributed by atoms with van der Waals surface area (Å²) in [6.45, 7) is 7.03. The zero-order chi connectivity index (χ0) is 13.5. The van der Waals surface area contributed by atoms with Crippen LogP contribution in [0.3, 0.4) is 0 Å². The standard InChI is InChI=1S/C14H22N2O2/c1-4-7-12(15-5-2)10-13-11(3)8-6-9-14(13)16(17)18/h6,8-9,12,15H,4-5,7,10H2,1-3H3. The van der Waals surface area contributed by atoms with Crippen LogP contribution in [0, 0.1) is 17.0 Å². The average molecular weight is 250 g/mol. The van der Waals surface area contributed by atoms with Crippen molar-refractivity contribution in [3.8, 4) is 0 Å². The number of rotatable bonds is 7. The molecule has 100 valence electrons. The summed E-state index contributed by atoms with van der Waals surface area (Å²) in [5.74, 6) is 0. The molecule has 0 saturated heterocycles. The number of likely N-dealkylation sites (N-methyl/N-ethyl adjacent to an activating group) is 1. The van der Waals surface area contributed by atoms with E-state index in [4.69, 9.17) is 0 Å². The summed E-state index contributed by atoms with van der Waals surface area (Å²) in [5, 5.41) is 14.5. The van der Waals surface area contributed by atoms with E-state index in [2.05, 4.69) is 19.2 Å². The summed E-state index contributed by atoms with van der Waals surface area (Å²) in [4.78, 5) is 10.8. The quantitative estimate of drug-likeness (QED) is 0.597. The highest BCUT2D eigenvalue weighted by atomic mass is 16.6. The van der Waals surface area contributed by atoms with Crippen molar-refractivity contribution < 1.29 is 4.92 Å². The summed E-state index contributed by atoms with van der Waals surface area (Å²) >= 11 is 0. The highest BCUT2D eigenvalue weighted by molar-refractivity contribution is 5.45. The minimum absolute atomic E-state index is 0.244. The third-order valence-corrected chi connectivity index (χ3v) is 3.16. The molecule has 0 saturated carbocycles. The molecule has 0 bridgehead atoms. The Kier molecular flexibility index (Phi) is 5.78. The van der Waals surface area contributed by atoms with E-state index >= 15 is 0 Å². The first-order valence-electron chi connectivity index (χ1n) is 6.56. The number of hydrogen-bond donors (Lipinski definition) is 1. The van der Waals surface area contributed by atoms with Gasteiger partial charge in [0.1, 0.15) is 0 Å². The fourth-order valence-corrected chi connectivity index (χ4v) is 2.28. The van der Waals surface area contributed by atoms with E-state index in [0.717, 1.165) is 36.9 Å². The highest BCUT2D eigenvalue weighted by Gasteiger charge is 2.18. The number of nitrogens with one attached hydrogen (secondary N) is 1. The topological polar surface area (TPSA) is 55.2 Å². The van der Waals surface area contributed by atoms with Gasteiger partial charge in [0.2, 0.25) is 0 Å². The van der Waals surface area contributed by atoms with Crippen molar-refractivity contribution in [2.75, 3.05) is 6.54 Å². The van der Waals surface area contributed by atoms with E-state index in [1.165, 1.54) is 0 Å². The summed E-state index contributed by atoms with van der Waals surface area (Å²) in [6.07, 6.45) is 2.85. The Morgan fingerprint density at radius 3 is 2.67 bits per heavy atom. The third-order valence-electron chi connectivity index (χ3n) is 3.16. The molecule has 1 aromatic rings. The Morgan fingerprint density at radius 2 is 2.11 bits per heavy atom. The van der Waals surface area contributed by atoms with Gasteiger partial charge in [-0.3, -0.25) is 10.1 Å². The van der Waals surface area contributed by atoms with Crippen molar-refractivity contribution in [1.82, 2.24) is 5.32 Å². The van der Waals surface area contributed by atoms with E-state index in [0.29, 0.717) is 6.04 Å². The lowest BCUT2D eigenvalue weighted by Gasteiger charge is -2.18. The van der Waals surface area contributed by atoms with Gasteiger partial charge in [-0.05, 0) is 31.9 Å². The number of hydrogen-bond acceptors (Lipinski definition) is 3. The largest absolute Gasteiger partial charge is 0.314 e.